The van der Waals surface area contributed by atoms with Gasteiger partial charge in [-0.2, -0.15) is 11.8 Å². The smallest absolute Gasteiger partial charge is 0.0276 e. The molecule has 0 spiro atoms. The summed E-state index contributed by atoms with van der Waals surface area (Å²) in [5, 5.41) is 0. The normalized spacial score (nSPS) is 10.6. The zero-order valence-corrected chi connectivity index (χ0v) is 10.1. The number of thiophene rings is 1. The van der Waals surface area contributed by atoms with Crippen molar-refractivity contribution in [3.8, 4) is 0 Å². The number of aryl methyl sites for hydroxylation is 1. The fourth-order valence-electron chi connectivity index (χ4n) is 1.33. The molecule has 0 N–H and O–H groups in total. The molecule has 0 aliphatic heterocycles. The molecule has 74 valence electrons. The van der Waals surface area contributed by atoms with E-state index in [2.05, 4.69) is 25.3 Å². The molecule has 1 heterocycles. The fourth-order valence-corrected chi connectivity index (χ4v) is 3.15. The summed E-state index contributed by atoms with van der Waals surface area (Å²) in [7, 11) is 0. The van der Waals surface area contributed by atoms with Gasteiger partial charge in [0, 0.05) is 15.5 Å². The van der Waals surface area contributed by atoms with Crippen LogP contribution in [0, 0.1) is 0 Å². The largest absolute Gasteiger partial charge is 0.160 e. The van der Waals surface area contributed by atoms with Crippen LogP contribution in [0.4, 0.5) is 0 Å². The van der Waals surface area contributed by atoms with Crippen LogP contribution in [0.1, 0.15) is 35.9 Å². The Hall–Kier alpha value is 0.0500. The van der Waals surface area contributed by atoms with Crippen LogP contribution in [0.15, 0.2) is 12.1 Å². The molecule has 0 aromatic carbocycles. The molecule has 0 aliphatic carbocycles. The van der Waals surface area contributed by atoms with Gasteiger partial charge in [0.25, 0.3) is 0 Å². The molecular weight excluding hydrogens is 196 g/mol. The van der Waals surface area contributed by atoms with Crippen LogP contribution < -0.4 is 0 Å². The summed E-state index contributed by atoms with van der Waals surface area (Å²) in [6, 6.07) is 4.58. The monoisotopic (exact) mass is 214 g/mol. The quantitative estimate of drug-likeness (QED) is 0.635. The van der Waals surface area contributed by atoms with Crippen molar-refractivity contribution in [3.05, 3.63) is 21.9 Å². The van der Waals surface area contributed by atoms with Crippen molar-refractivity contribution < 1.29 is 0 Å². The first kappa shape index (κ1) is 11.1. The van der Waals surface area contributed by atoms with Gasteiger partial charge in [-0.3, -0.25) is 0 Å². The number of rotatable bonds is 6. The maximum atomic E-state index is 2.30. The van der Waals surface area contributed by atoms with Crippen LogP contribution in [0.25, 0.3) is 0 Å². The van der Waals surface area contributed by atoms with Crippen molar-refractivity contribution in [3.63, 3.8) is 0 Å². The van der Waals surface area contributed by atoms with E-state index in [9.17, 15) is 0 Å². The minimum absolute atomic E-state index is 1.18. The Morgan fingerprint density at radius 2 is 2.00 bits per heavy atom. The summed E-state index contributed by atoms with van der Waals surface area (Å²) >= 11 is 3.89. The van der Waals surface area contributed by atoms with Crippen LogP contribution in [0.5, 0.6) is 0 Å². The van der Waals surface area contributed by atoms with Gasteiger partial charge < -0.3 is 0 Å². The van der Waals surface area contributed by atoms with Gasteiger partial charge in [0.15, 0.2) is 0 Å². The molecule has 0 fully saturated rings. The summed E-state index contributed by atoms with van der Waals surface area (Å²) in [6.07, 6.45) is 7.50. The molecule has 13 heavy (non-hydrogen) atoms. The van der Waals surface area contributed by atoms with Crippen LogP contribution in [-0.2, 0) is 12.2 Å². The van der Waals surface area contributed by atoms with Crippen LogP contribution in [0.3, 0.4) is 0 Å². The third kappa shape index (κ3) is 4.19. The molecule has 0 aliphatic rings. The summed E-state index contributed by atoms with van der Waals surface area (Å²) in [6.45, 7) is 2.26. The van der Waals surface area contributed by atoms with E-state index in [1.54, 1.807) is 4.88 Å². The molecule has 0 saturated heterocycles. The second-order valence-corrected chi connectivity index (χ2v) is 5.38. The average molecular weight is 214 g/mol. The van der Waals surface area contributed by atoms with E-state index in [1.165, 1.54) is 36.3 Å². The fraction of sp³-hybridized carbons (Fsp3) is 0.636. The van der Waals surface area contributed by atoms with E-state index in [0.29, 0.717) is 0 Å². The highest BCUT2D eigenvalue weighted by Gasteiger charge is 1.98. The molecule has 1 rings (SSSR count). The van der Waals surface area contributed by atoms with Crippen LogP contribution in [-0.4, -0.2) is 6.26 Å². The van der Waals surface area contributed by atoms with Gasteiger partial charge in [-0.05, 0) is 31.2 Å². The van der Waals surface area contributed by atoms with Gasteiger partial charge in [0.05, 0.1) is 0 Å². The molecule has 0 saturated carbocycles. The SMILES string of the molecule is CCCCCc1ccc(CSC)s1. The van der Waals surface area contributed by atoms with Crippen molar-refractivity contribution in [1.29, 1.82) is 0 Å². The predicted octanol–water partition coefficient (Wildman–Crippen LogP) is 4.34. The molecule has 0 bridgehead atoms. The predicted molar refractivity (Wildman–Crippen MR) is 64.8 cm³/mol. The summed E-state index contributed by atoms with van der Waals surface area (Å²) < 4.78 is 0. The Morgan fingerprint density at radius 1 is 1.23 bits per heavy atom. The second kappa shape index (κ2) is 6.50. The zero-order chi connectivity index (χ0) is 9.52. The molecule has 0 nitrogen and oxygen atoms in total. The minimum atomic E-state index is 1.18. The summed E-state index contributed by atoms with van der Waals surface area (Å²) in [5.74, 6) is 1.18. The summed E-state index contributed by atoms with van der Waals surface area (Å²) in [4.78, 5) is 3.09. The minimum Gasteiger partial charge on any atom is -0.160 e. The van der Waals surface area contributed by atoms with Gasteiger partial charge in [0.2, 0.25) is 0 Å². The number of hydrogen-bond acceptors (Lipinski definition) is 2. The average Bonchev–Trinajstić information content (AvgIpc) is 2.54. The van der Waals surface area contributed by atoms with E-state index >= 15 is 0 Å². The standard InChI is InChI=1S/C11H18S2/c1-3-4-5-6-10-7-8-11(13-10)9-12-2/h7-8H,3-6,9H2,1-2H3. The molecule has 1 aromatic rings. The maximum Gasteiger partial charge on any atom is 0.0276 e. The van der Waals surface area contributed by atoms with Gasteiger partial charge in [-0.15, -0.1) is 11.3 Å². The lowest BCUT2D eigenvalue weighted by Crippen LogP contribution is -1.78. The highest BCUT2D eigenvalue weighted by atomic mass is 32.2. The van der Waals surface area contributed by atoms with Crippen molar-refractivity contribution >= 4 is 23.1 Å². The van der Waals surface area contributed by atoms with Crippen molar-refractivity contribution in [1.82, 2.24) is 0 Å². The highest BCUT2D eigenvalue weighted by Crippen LogP contribution is 2.21. The molecular formula is C11H18S2. The maximum absolute atomic E-state index is 2.30. The molecule has 0 atom stereocenters. The molecule has 0 radical (unpaired) electrons. The number of thioether (sulfide) groups is 1. The number of unbranched alkanes of at least 4 members (excludes halogenated alkanes) is 2. The topological polar surface area (TPSA) is 0 Å². The van der Waals surface area contributed by atoms with E-state index in [0.717, 1.165) is 0 Å². The summed E-state index contributed by atoms with van der Waals surface area (Å²) in [5.41, 5.74) is 0. The van der Waals surface area contributed by atoms with Crippen molar-refractivity contribution in [2.24, 2.45) is 0 Å². The zero-order valence-electron chi connectivity index (χ0n) is 8.51. The van der Waals surface area contributed by atoms with E-state index < -0.39 is 0 Å². The van der Waals surface area contributed by atoms with E-state index in [4.69, 9.17) is 0 Å². The third-order valence-electron chi connectivity index (χ3n) is 2.03. The Morgan fingerprint density at radius 3 is 2.69 bits per heavy atom. The van der Waals surface area contributed by atoms with Crippen LogP contribution >= 0.6 is 23.1 Å². The second-order valence-electron chi connectivity index (χ2n) is 3.26. The Balaban J connectivity index is 2.31. The van der Waals surface area contributed by atoms with Gasteiger partial charge in [-0.1, -0.05) is 19.8 Å². The van der Waals surface area contributed by atoms with Gasteiger partial charge >= 0.3 is 0 Å². The Kier molecular flexibility index (Phi) is 5.56. The van der Waals surface area contributed by atoms with Crippen molar-refractivity contribution in [2.45, 2.75) is 38.4 Å². The van der Waals surface area contributed by atoms with Crippen LogP contribution in [0.2, 0.25) is 0 Å². The first-order valence-corrected chi connectivity index (χ1v) is 7.14. The molecule has 2 heteroatoms. The first-order valence-electron chi connectivity index (χ1n) is 4.93. The highest BCUT2D eigenvalue weighted by molar-refractivity contribution is 7.97. The van der Waals surface area contributed by atoms with E-state index in [1.807, 2.05) is 23.1 Å². The number of hydrogen-bond donors (Lipinski definition) is 0. The lowest BCUT2D eigenvalue weighted by molar-refractivity contribution is 0.722. The first-order chi connectivity index (χ1) is 6.36. The van der Waals surface area contributed by atoms with E-state index in [-0.39, 0.29) is 0 Å². The van der Waals surface area contributed by atoms with Gasteiger partial charge in [-0.25, -0.2) is 0 Å². The Bertz CT molecular complexity index is 228. The molecule has 0 unspecified atom stereocenters. The molecule has 1 aromatic heterocycles. The van der Waals surface area contributed by atoms with Gasteiger partial charge in [0.1, 0.15) is 0 Å². The lowest BCUT2D eigenvalue weighted by Gasteiger charge is -1.95. The van der Waals surface area contributed by atoms with Crippen molar-refractivity contribution in [2.75, 3.05) is 6.26 Å². The molecule has 0 amide bonds. The Labute approximate surface area is 89.7 Å². The lowest BCUT2D eigenvalue weighted by atomic mass is 10.2. The third-order valence-corrected chi connectivity index (χ3v) is 3.96.